The van der Waals surface area contributed by atoms with E-state index in [0.29, 0.717) is 38.8 Å². The van der Waals surface area contributed by atoms with Crippen LogP contribution in [0.15, 0.2) is 48.5 Å². The van der Waals surface area contributed by atoms with E-state index in [2.05, 4.69) is 25.3 Å². The van der Waals surface area contributed by atoms with Gasteiger partial charge in [-0.3, -0.25) is 0 Å². The van der Waals surface area contributed by atoms with Gasteiger partial charge in [-0.1, -0.05) is 48.2 Å². The minimum absolute atomic E-state index is 0.253. The molecule has 2 N–H and O–H groups in total. The van der Waals surface area contributed by atoms with Gasteiger partial charge in [0.25, 0.3) is 0 Å². The summed E-state index contributed by atoms with van der Waals surface area (Å²) in [5.74, 6) is 0.521. The van der Waals surface area contributed by atoms with Crippen LogP contribution in [0.1, 0.15) is 25.7 Å². The summed E-state index contributed by atoms with van der Waals surface area (Å²) in [6.07, 6.45) is -0.499. The number of hydrogen-bond acceptors (Lipinski definition) is 5. The summed E-state index contributed by atoms with van der Waals surface area (Å²) in [4.78, 5) is 9.06. The summed E-state index contributed by atoms with van der Waals surface area (Å²) in [5.41, 5.74) is 1.56. The van der Waals surface area contributed by atoms with Crippen molar-refractivity contribution in [2.75, 3.05) is 10.6 Å². The zero-order valence-electron chi connectivity index (χ0n) is 16.7. The average Bonchev–Trinajstić information content (AvgIpc) is 3.22. The molecule has 168 valence electrons. The Balaban J connectivity index is 1.68. The Hall–Kier alpha value is -2.71. The van der Waals surface area contributed by atoms with E-state index in [1.54, 1.807) is 30.3 Å². The Kier molecular flexibility index (Phi) is 6.62. The lowest BCUT2D eigenvalue weighted by Gasteiger charge is -2.16. The van der Waals surface area contributed by atoms with Crippen LogP contribution in [0.4, 0.5) is 30.6 Å². The number of hydrogen-bond donors (Lipinski definition) is 2. The van der Waals surface area contributed by atoms with E-state index in [-0.39, 0.29) is 11.8 Å². The van der Waals surface area contributed by atoms with Crippen molar-refractivity contribution in [1.82, 2.24) is 9.97 Å². The van der Waals surface area contributed by atoms with Gasteiger partial charge >= 0.3 is 6.36 Å². The third-order valence-corrected chi connectivity index (χ3v) is 5.71. The van der Waals surface area contributed by atoms with Gasteiger partial charge in [-0.25, -0.2) is 4.98 Å². The van der Waals surface area contributed by atoms with E-state index < -0.39 is 6.36 Å². The quantitative estimate of drug-likeness (QED) is 0.382. The predicted octanol–water partition coefficient (Wildman–Crippen LogP) is 7.45. The number of anilines is 3. The van der Waals surface area contributed by atoms with Crippen LogP contribution in [0, 0.1) is 0 Å². The lowest BCUT2D eigenvalue weighted by Crippen LogP contribution is -2.17. The van der Waals surface area contributed by atoms with Crippen molar-refractivity contribution in [1.29, 1.82) is 0 Å². The smallest absolute Gasteiger partial charge is 0.406 e. The van der Waals surface area contributed by atoms with Crippen molar-refractivity contribution < 1.29 is 17.9 Å². The first-order chi connectivity index (χ1) is 15.2. The molecule has 0 amide bonds. The maximum atomic E-state index is 12.6. The maximum Gasteiger partial charge on any atom is 0.573 e. The summed E-state index contributed by atoms with van der Waals surface area (Å²) in [5, 5.41) is 7.29. The van der Waals surface area contributed by atoms with E-state index in [4.69, 9.17) is 23.2 Å². The molecule has 1 aliphatic rings. The average molecular weight is 483 g/mol. The Bertz CT molecular complexity index is 1100. The Labute approximate surface area is 192 Å². The highest BCUT2D eigenvalue weighted by atomic mass is 35.5. The molecular formula is C22H19Cl2F3N4O. The summed E-state index contributed by atoms with van der Waals surface area (Å²) in [6.45, 7) is 0. The molecule has 1 aromatic heterocycles. The highest BCUT2D eigenvalue weighted by Gasteiger charge is 2.31. The number of aromatic nitrogens is 2. The third kappa shape index (κ3) is 5.95. The van der Waals surface area contributed by atoms with Gasteiger partial charge in [0.2, 0.25) is 5.95 Å². The lowest BCUT2D eigenvalue weighted by molar-refractivity contribution is -0.274. The molecule has 2 aromatic carbocycles. The van der Waals surface area contributed by atoms with Crippen LogP contribution in [0.3, 0.4) is 0 Å². The third-order valence-electron chi connectivity index (χ3n) is 4.97. The van der Waals surface area contributed by atoms with E-state index >= 15 is 0 Å². The van der Waals surface area contributed by atoms with Gasteiger partial charge < -0.3 is 15.4 Å². The molecule has 10 heteroatoms. The van der Waals surface area contributed by atoms with Crippen LogP contribution in [0.2, 0.25) is 10.0 Å². The van der Waals surface area contributed by atoms with Gasteiger partial charge in [0.05, 0.1) is 15.7 Å². The molecule has 0 unspecified atom stereocenters. The van der Waals surface area contributed by atoms with Crippen molar-refractivity contribution in [3.05, 3.63) is 58.6 Å². The molecule has 32 heavy (non-hydrogen) atoms. The molecular weight excluding hydrogens is 464 g/mol. The maximum absolute atomic E-state index is 12.6. The SMILES string of the molecule is FC(F)(F)Oc1cccc(-c2cc(Nc3ccc(Cl)c(Cl)c3)nc(NC3CCCC3)n2)c1. The first kappa shape index (κ1) is 22.5. The molecule has 1 heterocycles. The number of rotatable bonds is 6. The van der Waals surface area contributed by atoms with Crippen LogP contribution in [0.25, 0.3) is 11.3 Å². The molecule has 4 rings (SSSR count). The number of nitrogens with one attached hydrogen (secondary N) is 2. The van der Waals surface area contributed by atoms with Crippen LogP contribution >= 0.6 is 23.2 Å². The van der Waals surface area contributed by atoms with Crippen molar-refractivity contribution >= 4 is 40.7 Å². The Morgan fingerprint density at radius 1 is 0.938 bits per heavy atom. The number of halogens is 5. The summed E-state index contributed by atoms with van der Waals surface area (Å²) >= 11 is 12.1. The largest absolute Gasteiger partial charge is 0.573 e. The Morgan fingerprint density at radius 2 is 1.72 bits per heavy atom. The molecule has 5 nitrogen and oxygen atoms in total. The van der Waals surface area contributed by atoms with Gasteiger partial charge in [-0.2, -0.15) is 4.98 Å². The topological polar surface area (TPSA) is 59.1 Å². The first-order valence-corrected chi connectivity index (χ1v) is 10.7. The van der Waals surface area contributed by atoms with Gasteiger partial charge in [-0.15, -0.1) is 13.2 Å². The number of ether oxygens (including phenoxy) is 1. The molecule has 0 aliphatic heterocycles. The van der Waals surface area contributed by atoms with Crippen LogP contribution in [0.5, 0.6) is 5.75 Å². The van der Waals surface area contributed by atoms with E-state index in [1.165, 1.54) is 18.2 Å². The molecule has 1 saturated carbocycles. The summed E-state index contributed by atoms with van der Waals surface area (Å²) in [7, 11) is 0. The van der Waals surface area contributed by atoms with Crippen molar-refractivity contribution in [3.63, 3.8) is 0 Å². The van der Waals surface area contributed by atoms with Crippen LogP contribution in [-0.4, -0.2) is 22.4 Å². The summed E-state index contributed by atoms with van der Waals surface area (Å²) < 4.78 is 42.0. The van der Waals surface area contributed by atoms with Gasteiger partial charge in [0.1, 0.15) is 11.6 Å². The molecule has 0 atom stereocenters. The second-order valence-electron chi connectivity index (χ2n) is 7.42. The van der Waals surface area contributed by atoms with Crippen LogP contribution in [-0.2, 0) is 0 Å². The number of nitrogens with zero attached hydrogens (tertiary/aromatic N) is 2. The zero-order valence-corrected chi connectivity index (χ0v) is 18.2. The van der Waals surface area contributed by atoms with E-state index in [9.17, 15) is 13.2 Å². The zero-order chi connectivity index (χ0) is 22.7. The van der Waals surface area contributed by atoms with Crippen molar-refractivity contribution in [2.24, 2.45) is 0 Å². The fourth-order valence-electron chi connectivity index (χ4n) is 3.55. The first-order valence-electron chi connectivity index (χ1n) is 9.99. The number of benzene rings is 2. The van der Waals surface area contributed by atoms with Gasteiger partial charge in [0.15, 0.2) is 0 Å². The second-order valence-corrected chi connectivity index (χ2v) is 8.23. The predicted molar refractivity (Wildman–Crippen MR) is 120 cm³/mol. The minimum atomic E-state index is -4.78. The summed E-state index contributed by atoms with van der Waals surface area (Å²) in [6, 6.07) is 12.6. The van der Waals surface area contributed by atoms with Crippen molar-refractivity contribution in [3.8, 4) is 17.0 Å². The molecule has 1 aliphatic carbocycles. The standard InChI is InChI=1S/C22H19Cl2F3N4O/c23-17-9-8-15(11-18(17)24)28-20-12-19(30-21(31-20)29-14-5-1-2-6-14)13-4-3-7-16(10-13)32-22(25,26)27/h3-4,7-12,14H,1-2,5-6H2,(H2,28,29,30,31). The molecule has 3 aromatic rings. The fourth-order valence-corrected chi connectivity index (χ4v) is 3.85. The molecule has 1 fully saturated rings. The van der Waals surface area contributed by atoms with Crippen LogP contribution < -0.4 is 15.4 Å². The molecule has 0 bridgehead atoms. The normalized spacial score (nSPS) is 14.4. The van der Waals surface area contributed by atoms with Gasteiger partial charge in [0, 0.05) is 23.4 Å². The molecule has 0 saturated heterocycles. The second kappa shape index (κ2) is 9.42. The highest BCUT2D eigenvalue weighted by Crippen LogP contribution is 2.31. The molecule has 0 radical (unpaired) electrons. The number of alkyl halides is 3. The molecule has 0 spiro atoms. The van der Waals surface area contributed by atoms with Crippen molar-refractivity contribution in [2.45, 2.75) is 38.1 Å². The lowest BCUT2D eigenvalue weighted by atomic mass is 10.1. The van der Waals surface area contributed by atoms with E-state index in [1.807, 2.05) is 0 Å². The minimum Gasteiger partial charge on any atom is -0.406 e. The highest BCUT2D eigenvalue weighted by molar-refractivity contribution is 6.42. The monoisotopic (exact) mass is 482 g/mol. The Morgan fingerprint density at radius 3 is 2.44 bits per heavy atom. The van der Waals surface area contributed by atoms with E-state index in [0.717, 1.165) is 25.7 Å². The fraction of sp³-hybridized carbons (Fsp3) is 0.273. The van der Waals surface area contributed by atoms with Gasteiger partial charge in [-0.05, 0) is 43.2 Å².